The molecule has 1 aliphatic carbocycles. The Morgan fingerprint density at radius 1 is 1.41 bits per heavy atom. The van der Waals surface area contributed by atoms with Crippen LogP contribution in [0.1, 0.15) is 38.2 Å². The molecule has 0 radical (unpaired) electrons. The highest BCUT2D eigenvalue weighted by Gasteiger charge is 2.29. The van der Waals surface area contributed by atoms with Gasteiger partial charge in [-0.2, -0.15) is 0 Å². The maximum Gasteiger partial charge on any atom is 0.227 e. The van der Waals surface area contributed by atoms with Crippen LogP contribution in [0.2, 0.25) is 0 Å². The van der Waals surface area contributed by atoms with Crippen molar-refractivity contribution < 1.29 is 9.53 Å². The molecular weight excluding hydrogens is 214 g/mol. The summed E-state index contributed by atoms with van der Waals surface area (Å²) < 4.78 is 5.31. The first-order valence-corrected chi connectivity index (χ1v) is 6.10. The number of carbonyl (C=O) groups is 1. The van der Waals surface area contributed by atoms with Crippen LogP contribution in [0.25, 0.3) is 0 Å². The smallest absolute Gasteiger partial charge is 0.227 e. The van der Waals surface area contributed by atoms with Gasteiger partial charge in [0.1, 0.15) is 5.75 Å². The van der Waals surface area contributed by atoms with E-state index in [0.717, 1.165) is 29.8 Å². The van der Waals surface area contributed by atoms with E-state index in [1.807, 2.05) is 18.2 Å². The standard InChI is InChI=1S/C14H19NO2/c1-9(2)12-8-11(6-7-13(12)17-3)15-14(16)10-4-5-10/h6-10H,4-5H2,1-3H3,(H,15,16). The third kappa shape index (κ3) is 2.78. The Kier molecular flexibility index (Phi) is 3.36. The Bertz CT molecular complexity index is 422. The van der Waals surface area contributed by atoms with Crippen LogP contribution in [0.15, 0.2) is 18.2 Å². The number of methoxy groups -OCH3 is 1. The van der Waals surface area contributed by atoms with Crippen LogP contribution >= 0.6 is 0 Å². The molecule has 0 unspecified atom stereocenters. The summed E-state index contributed by atoms with van der Waals surface area (Å²) in [5, 5.41) is 2.96. The lowest BCUT2D eigenvalue weighted by Crippen LogP contribution is -2.13. The van der Waals surface area contributed by atoms with Crippen molar-refractivity contribution >= 4 is 11.6 Å². The van der Waals surface area contributed by atoms with Crippen LogP contribution in [-0.4, -0.2) is 13.0 Å². The molecule has 1 saturated carbocycles. The van der Waals surface area contributed by atoms with E-state index in [-0.39, 0.29) is 11.8 Å². The number of nitrogens with one attached hydrogen (secondary N) is 1. The van der Waals surface area contributed by atoms with Gasteiger partial charge in [-0.15, -0.1) is 0 Å². The molecule has 0 bridgehead atoms. The molecule has 0 aliphatic heterocycles. The average Bonchev–Trinajstić information content (AvgIpc) is 3.12. The van der Waals surface area contributed by atoms with Crippen molar-refractivity contribution in [3.05, 3.63) is 23.8 Å². The Morgan fingerprint density at radius 3 is 2.65 bits per heavy atom. The van der Waals surface area contributed by atoms with Crippen molar-refractivity contribution in [1.82, 2.24) is 0 Å². The summed E-state index contributed by atoms with van der Waals surface area (Å²) in [5.74, 6) is 1.64. The molecule has 0 atom stereocenters. The zero-order valence-electron chi connectivity index (χ0n) is 10.6. The molecule has 1 N–H and O–H groups in total. The van der Waals surface area contributed by atoms with Gasteiger partial charge >= 0.3 is 0 Å². The Morgan fingerprint density at radius 2 is 2.12 bits per heavy atom. The molecule has 0 aromatic heterocycles. The lowest BCUT2D eigenvalue weighted by atomic mass is 10.0. The third-order valence-electron chi connectivity index (χ3n) is 3.07. The summed E-state index contributed by atoms with van der Waals surface area (Å²) in [6.45, 7) is 4.23. The van der Waals surface area contributed by atoms with Gasteiger partial charge in [-0.05, 0) is 42.5 Å². The van der Waals surface area contributed by atoms with Gasteiger partial charge in [0.25, 0.3) is 0 Å². The van der Waals surface area contributed by atoms with Crippen molar-refractivity contribution in [2.24, 2.45) is 5.92 Å². The summed E-state index contributed by atoms with van der Waals surface area (Å²) in [6.07, 6.45) is 2.05. The average molecular weight is 233 g/mol. The van der Waals surface area contributed by atoms with Crippen LogP contribution in [-0.2, 0) is 4.79 Å². The van der Waals surface area contributed by atoms with Gasteiger partial charge in [0, 0.05) is 11.6 Å². The molecule has 1 aromatic rings. The molecule has 3 nitrogen and oxygen atoms in total. The zero-order valence-corrected chi connectivity index (χ0v) is 10.6. The minimum absolute atomic E-state index is 0.143. The Balaban J connectivity index is 2.17. The molecule has 2 rings (SSSR count). The number of carbonyl (C=O) groups excluding carboxylic acids is 1. The summed E-state index contributed by atoms with van der Waals surface area (Å²) in [4.78, 5) is 11.7. The summed E-state index contributed by atoms with van der Waals surface area (Å²) in [6, 6.07) is 5.81. The van der Waals surface area contributed by atoms with Gasteiger partial charge < -0.3 is 10.1 Å². The molecule has 3 heteroatoms. The number of benzene rings is 1. The Hall–Kier alpha value is -1.51. The topological polar surface area (TPSA) is 38.3 Å². The zero-order chi connectivity index (χ0) is 12.4. The fourth-order valence-electron chi connectivity index (χ4n) is 1.85. The highest BCUT2D eigenvalue weighted by Crippen LogP contribution is 2.32. The molecule has 1 aliphatic rings. The molecule has 1 amide bonds. The van der Waals surface area contributed by atoms with E-state index in [9.17, 15) is 4.79 Å². The van der Waals surface area contributed by atoms with E-state index < -0.39 is 0 Å². The first-order chi connectivity index (χ1) is 8.11. The van der Waals surface area contributed by atoms with Gasteiger partial charge in [-0.3, -0.25) is 4.79 Å². The number of hydrogen-bond acceptors (Lipinski definition) is 2. The Labute approximate surface area is 102 Å². The van der Waals surface area contributed by atoms with Crippen LogP contribution in [0.5, 0.6) is 5.75 Å². The van der Waals surface area contributed by atoms with Crippen molar-refractivity contribution in [3.63, 3.8) is 0 Å². The van der Waals surface area contributed by atoms with Crippen molar-refractivity contribution in [2.45, 2.75) is 32.6 Å². The molecular formula is C14H19NO2. The van der Waals surface area contributed by atoms with Gasteiger partial charge in [-0.1, -0.05) is 13.8 Å². The van der Waals surface area contributed by atoms with E-state index >= 15 is 0 Å². The van der Waals surface area contributed by atoms with E-state index in [0.29, 0.717) is 5.92 Å². The predicted molar refractivity (Wildman–Crippen MR) is 68.4 cm³/mol. The van der Waals surface area contributed by atoms with Crippen LogP contribution < -0.4 is 10.1 Å². The number of anilines is 1. The van der Waals surface area contributed by atoms with Gasteiger partial charge in [-0.25, -0.2) is 0 Å². The maximum absolute atomic E-state index is 11.7. The van der Waals surface area contributed by atoms with Gasteiger partial charge in [0.15, 0.2) is 0 Å². The summed E-state index contributed by atoms with van der Waals surface area (Å²) >= 11 is 0. The largest absolute Gasteiger partial charge is 0.496 e. The van der Waals surface area contributed by atoms with Crippen LogP contribution in [0, 0.1) is 5.92 Å². The highest BCUT2D eigenvalue weighted by molar-refractivity contribution is 5.94. The van der Waals surface area contributed by atoms with Crippen molar-refractivity contribution in [3.8, 4) is 5.75 Å². The second kappa shape index (κ2) is 4.78. The van der Waals surface area contributed by atoms with Crippen molar-refractivity contribution in [2.75, 3.05) is 12.4 Å². The molecule has 1 aromatic carbocycles. The second-order valence-corrected chi connectivity index (χ2v) is 4.87. The molecule has 0 heterocycles. The summed E-state index contributed by atoms with van der Waals surface area (Å²) in [5.41, 5.74) is 1.99. The monoisotopic (exact) mass is 233 g/mol. The molecule has 92 valence electrons. The van der Waals surface area contributed by atoms with E-state index in [2.05, 4.69) is 19.2 Å². The quantitative estimate of drug-likeness (QED) is 0.867. The predicted octanol–water partition coefficient (Wildman–Crippen LogP) is 3.17. The highest BCUT2D eigenvalue weighted by atomic mass is 16.5. The van der Waals surface area contributed by atoms with E-state index in [4.69, 9.17) is 4.74 Å². The number of ether oxygens (including phenoxy) is 1. The molecule has 1 fully saturated rings. The molecule has 17 heavy (non-hydrogen) atoms. The molecule has 0 saturated heterocycles. The first kappa shape index (κ1) is 12.0. The fourth-order valence-corrected chi connectivity index (χ4v) is 1.85. The normalized spacial score (nSPS) is 14.8. The van der Waals surface area contributed by atoms with Gasteiger partial charge in [0.2, 0.25) is 5.91 Å². The summed E-state index contributed by atoms with van der Waals surface area (Å²) in [7, 11) is 1.67. The lowest BCUT2D eigenvalue weighted by Gasteiger charge is -2.14. The van der Waals surface area contributed by atoms with Crippen molar-refractivity contribution in [1.29, 1.82) is 0 Å². The minimum Gasteiger partial charge on any atom is -0.496 e. The maximum atomic E-state index is 11.7. The van der Waals surface area contributed by atoms with E-state index in [1.54, 1.807) is 7.11 Å². The van der Waals surface area contributed by atoms with E-state index in [1.165, 1.54) is 0 Å². The van der Waals surface area contributed by atoms with Gasteiger partial charge in [0.05, 0.1) is 7.11 Å². The SMILES string of the molecule is COc1ccc(NC(=O)C2CC2)cc1C(C)C. The first-order valence-electron chi connectivity index (χ1n) is 6.10. The minimum atomic E-state index is 0.143. The van der Waals surface area contributed by atoms with Crippen LogP contribution in [0.3, 0.4) is 0 Å². The molecule has 0 spiro atoms. The number of rotatable bonds is 4. The number of amides is 1. The number of hydrogen-bond donors (Lipinski definition) is 1. The third-order valence-corrected chi connectivity index (χ3v) is 3.07. The lowest BCUT2D eigenvalue weighted by molar-refractivity contribution is -0.117. The van der Waals surface area contributed by atoms with Crippen LogP contribution in [0.4, 0.5) is 5.69 Å². The second-order valence-electron chi connectivity index (χ2n) is 4.87. The fraction of sp³-hybridized carbons (Fsp3) is 0.500.